The molecule has 90 valence electrons. The van der Waals surface area contributed by atoms with E-state index >= 15 is 0 Å². The van der Waals surface area contributed by atoms with Crippen LogP contribution in [-0.2, 0) is 16.0 Å². The Kier molecular flexibility index (Phi) is 3.94. The Morgan fingerprint density at radius 3 is 2.53 bits per heavy atom. The smallest absolute Gasteiger partial charge is 0.227 e. The van der Waals surface area contributed by atoms with Crippen molar-refractivity contribution in [3.05, 3.63) is 42.0 Å². The zero-order chi connectivity index (χ0) is 12.1. The highest BCUT2D eigenvalue weighted by atomic mass is 16.5. The van der Waals surface area contributed by atoms with Crippen molar-refractivity contribution in [1.29, 1.82) is 0 Å². The van der Waals surface area contributed by atoms with Gasteiger partial charge in [0.2, 0.25) is 5.91 Å². The van der Waals surface area contributed by atoms with Gasteiger partial charge < -0.3 is 9.64 Å². The van der Waals surface area contributed by atoms with Crippen LogP contribution in [0, 0.1) is 0 Å². The van der Waals surface area contributed by atoms with E-state index < -0.39 is 0 Å². The zero-order valence-corrected chi connectivity index (χ0v) is 9.89. The van der Waals surface area contributed by atoms with E-state index in [1.165, 1.54) is 0 Å². The first-order chi connectivity index (χ1) is 8.29. The number of amides is 1. The lowest BCUT2D eigenvalue weighted by Gasteiger charge is -2.26. The van der Waals surface area contributed by atoms with Crippen molar-refractivity contribution in [1.82, 2.24) is 4.90 Å². The van der Waals surface area contributed by atoms with Gasteiger partial charge in [0.1, 0.15) is 0 Å². The lowest BCUT2D eigenvalue weighted by Crippen LogP contribution is -2.41. The second-order valence-corrected chi connectivity index (χ2v) is 4.12. The van der Waals surface area contributed by atoms with Gasteiger partial charge in [-0.3, -0.25) is 4.79 Å². The molecule has 0 unspecified atom stereocenters. The molecule has 3 heteroatoms. The Morgan fingerprint density at radius 1 is 1.29 bits per heavy atom. The largest absolute Gasteiger partial charge is 0.378 e. The molecule has 17 heavy (non-hydrogen) atoms. The topological polar surface area (TPSA) is 29.5 Å². The van der Waals surface area contributed by atoms with E-state index in [4.69, 9.17) is 4.74 Å². The maximum Gasteiger partial charge on any atom is 0.227 e. The van der Waals surface area contributed by atoms with Crippen molar-refractivity contribution in [2.75, 3.05) is 26.3 Å². The van der Waals surface area contributed by atoms with Crippen molar-refractivity contribution in [2.24, 2.45) is 0 Å². The minimum absolute atomic E-state index is 0.180. The van der Waals surface area contributed by atoms with Gasteiger partial charge in [0.25, 0.3) is 0 Å². The lowest BCUT2D eigenvalue weighted by molar-refractivity contribution is -0.134. The number of benzene rings is 1. The Morgan fingerprint density at radius 2 is 1.94 bits per heavy atom. The molecule has 1 amide bonds. The number of rotatable bonds is 3. The monoisotopic (exact) mass is 231 g/mol. The molecule has 0 spiro atoms. The number of hydrogen-bond donors (Lipinski definition) is 0. The van der Waals surface area contributed by atoms with Crippen LogP contribution in [0.5, 0.6) is 0 Å². The van der Waals surface area contributed by atoms with Crippen LogP contribution < -0.4 is 0 Å². The maximum atomic E-state index is 12.0. The van der Waals surface area contributed by atoms with Crippen molar-refractivity contribution < 1.29 is 9.53 Å². The summed E-state index contributed by atoms with van der Waals surface area (Å²) in [6.45, 7) is 6.44. The van der Waals surface area contributed by atoms with Crippen LogP contribution in [0.15, 0.2) is 30.8 Å². The second kappa shape index (κ2) is 5.64. The summed E-state index contributed by atoms with van der Waals surface area (Å²) >= 11 is 0. The molecule has 3 nitrogen and oxygen atoms in total. The van der Waals surface area contributed by atoms with Gasteiger partial charge in [-0.05, 0) is 11.1 Å². The first-order valence-electron chi connectivity index (χ1n) is 5.86. The molecule has 1 saturated heterocycles. The van der Waals surface area contributed by atoms with E-state index in [1.807, 2.05) is 29.2 Å². The van der Waals surface area contributed by atoms with E-state index in [9.17, 15) is 4.79 Å². The quantitative estimate of drug-likeness (QED) is 0.793. The van der Waals surface area contributed by atoms with Crippen LogP contribution in [0.4, 0.5) is 0 Å². The van der Waals surface area contributed by atoms with Gasteiger partial charge in [-0.2, -0.15) is 0 Å². The van der Waals surface area contributed by atoms with Crippen molar-refractivity contribution in [3.63, 3.8) is 0 Å². The number of carbonyl (C=O) groups excluding carboxylic acids is 1. The molecule has 0 aromatic heterocycles. The molecule has 1 aliphatic heterocycles. The van der Waals surface area contributed by atoms with Crippen LogP contribution in [-0.4, -0.2) is 37.1 Å². The molecule has 1 aromatic rings. The molecule has 0 aliphatic carbocycles. The summed E-state index contributed by atoms with van der Waals surface area (Å²) in [5.74, 6) is 0.180. The third kappa shape index (κ3) is 3.17. The Labute approximate surface area is 102 Å². The van der Waals surface area contributed by atoms with Crippen LogP contribution >= 0.6 is 0 Å². The van der Waals surface area contributed by atoms with Gasteiger partial charge >= 0.3 is 0 Å². The molecule has 0 radical (unpaired) electrons. The molecule has 1 aromatic carbocycles. The fraction of sp³-hybridized carbons (Fsp3) is 0.357. The first-order valence-corrected chi connectivity index (χ1v) is 5.86. The van der Waals surface area contributed by atoms with Crippen LogP contribution in [0.1, 0.15) is 11.1 Å². The standard InChI is InChI=1S/C14H17NO2/c1-2-12-3-5-13(6-4-12)11-14(16)15-7-9-17-10-8-15/h2-6H,1,7-11H2. The molecule has 2 rings (SSSR count). The number of ether oxygens (including phenoxy) is 1. The third-order valence-electron chi connectivity index (χ3n) is 2.93. The fourth-order valence-electron chi connectivity index (χ4n) is 1.87. The number of morpholine rings is 1. The molecule has 0 bridgehead atoms. The van der Waals surface area contributed by atoms with Crippen molar-refractivity contribution in [2.45, 2.75) is 6.42 Å². The van der Waals surface area contributed by atoms with E-state index in [-0.39, 0.29) is 5.91 Å². The molecule has 1 aliphatic rings. The summed E-state index contributed by atoms with van der Waals surface area (Å²) in [4.78, 5) is 13.8. The Bertz CT molecular complexity index is 391. The predicted molar refractivity (Wildman–Crippen MR) is 67.6 cm³/mol. The average molecular weight is 231 g/mol. The molecule has 0 saturated carbocycles. The highest BCUT2D eigenvalue weighted by Crippen LogP contribution is 2.08. The lowest BCUT2D eigenvalue weighted by atomic mass is 10.1. The van der Waals surface area contributed by atoms with Crippen molar-refractivity contribution in [3.8, 4) is 0 Å². The number of carbonyl (C=O) groups is 1. The maximum absolute atomic E-state index is 12.0. The summed E-state index contributed by atoms with van der Waals surface area (Å²) in [5, 5.41) is 0. The second-order valence-electron chi connectivity index (χ2n) is 4.12. The highest BCUT2D eigenvalue weighted by molar-refractivity contribution is 5.79. The van der Waals surface area contributed by atoms with Gasteiger partial charge in [-0.25, -0.2) is 0 Å². The fourth-order valence-corrected chi connectivity index (χ4v) is 1.87. The first kappa shape index (κ1) is 11.9. The van der Waals surface area contributed by atoms with Crippen LogP contribution in [0.3, 0.4) is 0 Å². The van der Waals surface area contributed by atoms with E-state index in [2.05, 4.69) is 6.58 Å². The van der Waals surface area contributed by atoms with Gasteiger partial charge in [0.15, 0.2) is 0 Å². The summed E-state index contributed by atoms with van der Waals surface area (Å²) in [5.41, 5.74) is 2.12. The summed E-state index contributed by atoms with van der Waals surface area (Å²) < 4.78 is 5.23. The van der Waals surface area contributed by atoms with Gasteiger partial charge in [0.05, 0.1) is 19.6 Å². The normalized spacial score (nSPS) is 15.6. The summed E-state index contributed by atoms with van der Waals surface area (Å²) in [6, 6.07) is 7.93. The third-order valence-corrected chi connectivity index (χ3v) is 2.93. The van der Waals surface area contributed by atoms with Gasteiger partial charge in [-0.15, -0.1) is 0 Å². The Hall–Kier alpha value is -1.61. The van der Waals surface area contributed by atoms with E-state index in [0.29, 0.717) is 32.7 Å². The zero-order valence-electron chi connectivity index (χ0n) is 9.89. The van der Waals surface area contributed by atoms with Crippen molar-refractivity contribution >= 4 is 12.0 Å². The summed E-state index contributed by atoms with van der Waals surface area (Å²) in [6.07, 6.45) is 2.27. The predicted octanol–water partition coefficient (Wildman–Crippen LogP) is 1.73. The SMILES string of the molecule is C=Cc1ccc(CC(=O)N2CCOCC2)cc1. The number of nitrogens with zero attached hydrogens (tertiary/aromatic N) is 1. The average Bonchev–Trinajstić information content (AvgIpc) is 2.40. The molecule has 1 heterocycles. The molecule has 1 fully saturated rings. The molecular weight excluding hydrogens is 214 g/mol. The summed E-state index contributed by atoms with van der Waals surface area (Å²) in [7, 11) is 0. The number of hydrogen-bond acceptors (Lipinski definition) is 2. The Balaban J connectivity index is 1.94. The molecular formula is C14H17NO2. The van der Waals surface area contributed by atoms with Crippen LogP contribution in [0.2, 0.25) is 0 Å². The highest BCUT2D eigenvalue weighted by Gasteiger charge is 2.16. The van der Waals surface area contributed by atoms with Gasteiger partial charge in [0, 0.05) is 13.1 Å². The molecule has 0 atom stereocenters. The minimum Gasteiger partial charge on any atom is -0.378 e. The van der Waals surface area contributed by atoms with E-state index in [0.717, 1.165) is 11.1 Å². The van der Waals surface area contributed by atoms with Gasteiger partial charge in [-0.1, -0.05) is 36.9 Å². The minimum atomic E-state index is 0.180. The van der Waals surface area contributed by atoms with E-state index in [1.54, 1.807) is 6.08 Å². The van der Waals surface area contributed by atoms with Crippen LogP contribution in [0.25, 0.3) is 6.08 Å². The molecule has 0 N–H and O–H groups in total.